The van der Waals surface area contributed by atoms with Crippen molar-refractivity contribution in [3.05, 3.63) is 69.2 Å². The van der Waals surface area contributed by atoms with Crippen LogP contribution in [0.1, 0.15) is 36.1 Å². The fourth-order valence-corrected chi connectivity index (χ4v) is 3.52. The number of fused-ring (bicyclic) bond motifs is 1. The molecule has 0 aliphatic carbocycles. The Bertz CT molecular complexity index is 754. The highest BCUT2D eigenvalue weighted by atomic mass is 79.9. The molecule has 2 aromatic carbocycles. The SMILES string of the molecule is Cc1ccc2c(c1)CC[N+](CC(C)(C)F)=C2c1ccc(Br)cc1. The van der Waals surface area contributed by atoms with Gasteiger partial charge < -0.3 is 0 Å². The third-order valence-corrected chi connectivity index (χ3v) is 4.70. The summed E-state index contributed by atoms with van der Waals surface area (Å²) in [5.41, 5.74) is 4.93. The number of rotatable bonds is 3. The minimum absolute atomic E-state index is 0.408. The van der Waals surface area contributed by atoms with E-state index in [-0.39, 0.29) is 0 Å². The number of aryl methyl sites for hydroxylation is 1. The predicted octanol–water partition coefficient (Wildman–Crippen LogP) is 4.91. The Labute approximate surface area is 146 Å². The van der Waals surface area contributed by atoms with E-state index in [2.05, 4.69) is 57.8 Å². The van der Waals surface area contributed by atoms with Crippen LogP contribution >= 0.6 is 15.9 Å². The van der Waals surface area contributed by atoms with Crippen molar-refractivity contribution in [2.45, 2.75) is 32.9 Å². The van der Waals surface area contributed by atoms with Gasteiger partial charge in [0.15, 0.2) is 12.2 Å². The average Bonchev–Trinajstić information content (AvgIpc) is 2.47. The zero-order chi connectivity index (χ0) is 16.6. The van der Waals surface area contributed by atoms with Crippen LogP contribution < -0.4 is 0 Å². The maximum Gasteiger partial charge on any atom is 0.214 e. The van der Waals surface area contributed by atoms with Crippen molar-refractivity contribution in [1.29, 1.82) is 0 Å². The van der Waals surface area contributed by atoms with Gasteiger partial charge in [-0.2, -0.15) is 0 Å². The maximum absolute atomic E-state index is 14.3. The molecule has 23 heavy (non-hydrogen) atoms. The molecular weight excluding hydrogens is 353 g/mol. The molecular formula is C20H22BrFN+. The van der Waals surface area contributed by atoms with Crippen LogP contribution in [0.25, 0.3) is 0 Å². The van der Waals surface area contributed by atoms with Crippen molar-refractivity contribution in [2.24, 2.45) is 0 Å². The van der Waals surface area contributed by atoms with E-state index in [9.17, 15) is 4.39 Å². The van der Waals surface area contributed by atoms with Crippen molar-refractivity contribution < 1.29 is 8.97 Å². The van der Waals surface area contributed by atoms with E-state index in [1.807, 2.05) is 12.1 Å². The highest BCUT2D eigenvalue weighted by Crippen LogP contribution is 2.24. The molecule has 3 heteroatoms. The van der Waals surface area contributed by atoms with E-state index in [1.165, 1.54) is 16.7 Å². The summed E-state index contributed by atoms with van der Waals surface area (Å²) in [5, 5.41) is 0. The fourth-order valence-electron chi connectivity index (χ4n) is 3.26. The molecule has 0 saturated heterocycles. The standard InChI is InChI=1S/C20H22BrFN/c1-14-4-9-18-16(12-14)10-11-23(13-20(2,3)22)19(18)15-5-7-17(21)8-6-15/h4-9,12H,10-11,13H2,1-3H3/q+1. The van der Waals surface area contributed by atoms with Gasteiger partial charge in [0, 0.05) is 22.0 Å². The lowest BCUT2D eigenvalue weighted by molar-refractivity contribution is -0.540. The topological polar surface area (TPSA) is 3.01 Å². The first-order valence-corrected chi connectivity index (χ1v) is 8.79. The molecule has 0 bridgehead atoms. The van der Waals surface area contributed by atoms with Crippen molar-refractivity contribution in [3.63, 3.8) is 0 Å². The molecule has 0 saturated carbocycles. The van der Waals surface area contributed by atoms with Crippen LogP contribution in [0.3, 0.4) is 0 Å². The first-order chi connectivity index (χ1) is 10.8. The molecule has 0 unspecified atom stereocenters. The van der Waals surface area contributed by atoms with E-state index in [0.717, 1.165) is 28.7 Å². The Balaban J connectivity index is 2.18. The van der Waals surface area contributed by atoms with E-state index < -0.39 is 5.67 Å². The number of benzene rings is 2. The van der Waals surface area contributed by atoms with Gasteiger partial charge in [-0.05, 0) is 56.7 Å². The molecule has 0 amide bonds. The third-order valence-electron chi connectivity index (χ3n) is 4.17. The molecule has 1 nitrogen and oxygen atoms in total. The molecule has 1 heterocycles. The number of nitrogens with zero attached hydrogens (tertiary/aromatic N) is 1. The summed E-state index contributed by atoms with van der Waals surface area (Å²) in [4.78, 5) is 0. The summed E-state index contributed by atoms with van der Waals surface area (Å²) in [6.07, 6.45) is 0.965. The lowest BCUT2D eigenvalue weighted by Gasteiger charge is -2.22. The maximum atomic E-state index is 14.3. The summed E-state index contributed by atoms with van der Waals surface area (Å²) in [6, 6.07) is 14.9. The second-order valence-corrected chi connectivity index (χ2v) is 7.82. The lowest BCUT2D eigenvalue weighted by Crippen LogP contribution is -2.38. The van der Waals surface area contributed by atoms with E-state index in [0.29, 0.717) is 6.54 Å². The first-order valence-electron chi connectivity index (χ1n) is 8.00. The largest absolute Gasteiger partial charge is 0.238 e. The summed E-state index contributed by atoms with van der Waals surface area (Å²) in [5.74, 6) is 0. The Hall–Kier alpha value is -1.48. The summed E-state index contributed by atoms with van der Waals surface area (Å²) >= 11 is 3.49. The fraction of sp³-hybridized carbons (Fsp3) is 0.350. The molecule has 1 aliphatic rings. The molecule has 0 N–H and O–H groups in total. The van der Waals surface area contributed by atoms with Gasteiger partial charge in [-0.1, -0.05) is 33.6 Å². The van der Waals surface area contributed by atoms with Crippen LogP contribution in [-0.4, -0.2) is 29.0 Å². The van der Waals surface area contributed by atoms with Crippen molar-refractivity contribution in [1.82, 2.24) is 0 Å². The van der Waals surface area contributed by atoms with Crippen molar-refractivity contribution in [3.8, 4) is 0 Å². The molecule has 0 fully saturated rings. The van der Waals surface area contributed by atoms with Crippen LogP contribution in [0.15, 0.2) is 46.9 Å². The minimum atomic E-state index is -1.22. The normalized spacial score (nSPS) is 14.8. The van der Waals surface area contributed by atoms with Gasteiger partial charge in [-0.15, -0.1) is 0 Å². The predicted molar refractivity (Wildman–Crippen MR) is 97.4 cm³/mol. The van der Waals surface area contributed by atoms with E-state index >= 15 is 0 Å². The molecule has 0 aromatic heterocycles. The quantitative estimate of drug-likeness (QED) is 0.671. The summed E-state index contributed by atoms with van der Waals surface area (Å²) in [7, 11) is 0. The van der Waals surface area contributed by atoms with Crippen LogP contribution in [-0.2, 0) is 6.42 Å². The number of hydrogen-bond acceptors (Lipinski definition) is 0. The number of alkyl halides is 1. The monoisotopic (exact) mass is 374 g/mol. The molecule has 0 atom stereocenters. The zero-order valence-corrected chi connectivity index (χ0v) is 15.5. The molecule has 3 rings (SSSR count). The van der Waals surface area contributed by atoms with Gasteiger partial charge >= 0.3 is 0 Å². The zero-order valence-electron chi connectivity index (χ0n) is 13.9. The average molecular weight is 375 g/mol. The van der Waals surface area contributed by atoms with Gasteiger partial charge in [-0.25, -0.2) is 8.97 Å². The number of hydrogen-bond donors (Lipinski definition) is 0. The summed E-state index contributed by atoms with van der Waals surface area (Å²) < 4.78 is 17.6. The highest BCUT2D eigenvalue weighted by Gasteiger charge is 2.31. The Morgan fingerprint density at radius 2 is 1.83 bits per heavy atom. The summed E-state index contributed by atoms with van der Waals surface area (Å²) in [6.45, 7) is 6.69. The van der Waals surface area contributed by atoms with E-state index in [1.54, 1.807) is 13.8 Å². The van der Waals surface area contributed by atoms with Gasteiger partial charge in [0.25, 0.3) is 0 Å². The second kappa shape index (κ2) is 6.20. The Morgan fingerprint density at radius 3 is 2.48 bits per heavy atom. The highest BCUT2D eigenvalue weighted by molar-refractivity contribution is 9.10. The molecule has 0 spiro atoms. The molecule has 1 aliphatic heterocycles. The smallest absolute Gasteiger partial charge is 0.214 e. The molecule has 2 aromatic rings. The number of halogens is 2. The lowest BCUT2D eigenvalue weighted by atomic mass is 9.91. The Morgan fingerprint density at radius 1 is 1.13 bits per heavy atom. The van der Waals surface area contributed by atoms with Gasteiger partial charge in [0.05, 0.1) is 0 Å². The second-order valence-electron chi connectivity index (χ2n) is 6.91. The first kappa shape index (κ1) is 16.4. The van der Waals surface area contributed by atoms with Crippen molar-refractivity contribution >= 4 is 21.6 Å². The van der Waals surface area contributed by atoms with Crippen LogP contribution in [0.4, 0.5) is 4.39 Å². The minimum Gasteiger partial charge on any atom is -0.238 e. The van der Waals surface area contributed by atoms with Gasteiger partial charge in [-0.3, -0.25) is 0 Å². The Kier molecular flexibility index (Phi) is 4.41. The van der Waals surface area contributed by atoms with Gasteiger partial charge in [0.1, 0.15) is 6.54 Å². The molecule has 0 radical (unpaired) electrons. The molecule has 120 valence electrons. The third kappa shape index (κ3) is 3.72. The van der Waals surface area contributed by atoms with Crippen LogP contribution in [0.2, 0.25) is 0 Å². The van der Waals surface area contributed by atoms with Crippen LogP contribution in [0.5, 0.6) is 0 Å². The van der Waals surface area contributed by atoms with Gasteiger partial charge in [0.2, 0.25) is 5.71 Å². The van der Waals surface area contributed by atoms with E-state index in [4.69, 9.17) is 0 Å². The van der Waals surface area contributed by atoms with Crippen molar-refractivity contribution in [2.75, 3.05) is 13.1 Å². The van der Waals surface area contributed by atoms with Crippen LogP contribution in [0, 0.1) is 6.92 Å².